The number of urea groups is 1. The summed E-state index contributed by atoms with van der Waals surface area (Å²) in [6.45, 7) is 1.38. The van der Waals surface area contributed by atoms with Crippen molar-refractivity contribution >= 4 is 23.5 Å². The van der Waals surface area contributed by atoms with Crippen LogP contribution in [0.2, 0.25) is 0 Å². The van der Waals surface area contributed by atoms with Gasteiger partial charge in [0.1, 0.15) is 0 Å². The molecule has 0 aromatic heterocycles. The number of carbonyl (C=O) groups excluding carboxylic acids is 3. The zero-order valence-electron chi connectivity index (χ0n) is 20.9. The number of methoxy groups -OCH3 is 1. The molecule has 2 aromatic carbocycles. The van der Waals surface area contributed by atoms with E-state index >= 15 is 0 Å². The maximum atomic E-state index is 13.6. The molecule has 0 spiro atoms. The number of nitro benzene ring substituents is 1. The molecule has 0 radical (unpaired) electrons. The Bertz CT molecular complexity index is 1150. The number of hydrogen-bond donors (Lipinski definition) is 1. The lowest BCUT2D eigenvalue weighted by molar-refractivity contribution is -0.384. The number of benzene rings is 2. The van der Waals surface area contributed by atoms with Gasteiger partial charge < -0.3 is 15.0 Å². The second-order valence-electron chi connectivity index (χ2n) is 9.52. The van der Waals surface area contributed by atoms with Gasteiger partial charge in [-0.25, -0.2) is 4.79 Å². The molecule has 2 atom stereocenters. The second kappa shape index (κ2) is 12.0. The van der Waals surface area contributed by atoms with E-state index in [1.54, 1.807) is 48.4 Å². The smallest absolute Gasteiger partial charge is 0.327 e. The van der Waals surface area contributed by atoms with Gasteiger partial charge in [0.05, 0.1) is 17.4 Å². The third kappa shape index (κ3) is 6.14. The molecule has 10 nitrogen and oxygen atoms in total. The van der Waals surface area contributed by atoms with Crippen molar-refractivity contribution in [2.45, 2.75) is 51.2 Å². The van der Waals surface area contributed by atoms with Gasteiger partial charge in [-0.1, -0.05) is 37.1 Å². The number of non-ortho nitro benzene ring substituents is 1. The Kier molecular flexibility index (Phi) is 8.50. The van der Waals surface area contributed by atoms with Gasteiger partial charge in [-0.3, -0.25) is 24.6 Å². The number of amides is 4. The summed E-state index contributed by atoms with van der Waals surface area (Å²) in [5.74, 6) is -0.659. The molecule has 1 aliphatic carbocycles. The van der Waals surface area contributed by atoms with Crippen molar-refractivity contribution in [1.29, 1.82) is 0 Å². The Labute approximate surface area is 215 Å². The maximum absolute atomic E-state index is 13.6. The minimum absolute atomic E-state index is 0.0297. The number of nitro groups is 1. The Morgan fingerprint density at radius 3 is 2.57 bits per heavy atom. The van der Waals surface area contributed by atoms with Gasteiger partial charge in [0.15, 0.2) is 0 Å². The van der Waals surface area contributed by atoms with Crippen LogP contribution in [0.5, 0.6) is 0 Å². The highest BCUT2D eigenvalue weighted by Gasteiger charge is 2.46. The molecule has 196 valence electrons. The normalized spacial score (nSPS) is 19.5. The molecule has 2 unspecified atom stereocenters. The van der Waals surface area contributed by atoms with E-state index in [2.05, 4.69) is 5.32 Å². The van der Waals surface area contributed by atoms with E-state index in [9.17, 15) is 24.5 Å². The van der Waals surface area contributed by atoms with Gasteiger partial charge in [0.2, 0.25) is 5.91 Å². The molecule has 2 aliphatic rings. The molecule has 4 rings (SSSR count). The number of imide groups is 1. The van der Waals surface area contributed by atoms with Gasteiger partial charge in [0.25, 0.3) is 11.6 Å². The molecule has 2 fully saturated rings. The Morgan fingerprint density at radius 1 is 1.08 bits per heavy atom. The van der Waals surface area contributed by atoms with Crippen molar-refractivity contribution in [3.05, 3.63) is 75.3 Å². The largest absolute Gasteiger partial charge is 0.385 e. The number of carbonyl (C=O) groups is 3. The summed E-state index contributed by atoms with van der Waals surface area (Å²) in [6.07, 6.45) is 4.02. The number of nitrogens with zero attached hydrogens (tertiary/aromatic N) is 3. The first-order valence-electron chi connectivity index (χ1n) is 12.6. The van der Waals surface area contributed by atoms with Crippen molar-refractivity contribution in [2.75, 3.05) is 20.3 Å². The predicted molar refractivity (Wildman–Crippen MR) is 136 cm³/mol. The van der Waals surface area contributed by atoms with E-state index in [0.29, 0.717) is 37.1 Å². The lowest BCUT2D eigenvalue weighted by Gasteiger charge is -2.47. The number of fused-ring (bicyclic) bond motifs is 1. The van der Waals surface area contributed by atoms with Crippen LogP contribution < -0.4 is 5.32 Å². The monoisotopic (exact) mass is 508 g/mol. The Balaban J connectivity index is 1.49. The lowest BCUT2D eigenvalue weighted by Crippen LogP contribution is -2.61. The van der Waals surface area contributed by atoms with Crippen LogP contribution in [0.4, 0.5) is 10.5 Å². The fraction of sp³-hybridized carbons (Fsp3) is 0.444. The Hall–Kier alpha value is -3.79. The van der Waals surface area contributed by atoms with Gasteiger partial charge >= 0.3 is 6.03 Å². The van der Waals surface area contributed by atoms with Crippen LogP contribution in [0.3, 0.4) is 0 Å². The quantitative estimate of drug-likeness (QED) is 0.295. The standard InChI is InChI=1S/C27H32N4O6/c1-37-15-5-14-28-25(32)21-12-10-19(11-13-21)17-30-26(33)23-8-2-3-9-24(23)29(27(30)34)18-20-6-4-7-22(16-20)31(35)36/h4,6-7,10-13,16,23-24H,2-3,5,8-9,14-15,17-18H2,1H3,(H,28,32). The topological polar surface area (TPSA) is 122 Å². The van der Waals surface area contributed by atoms with Gasteiger partial charge in [-0.2, -0.15) is 0 Å². The fourth-order valence-electron chi connectivity index (χ4n) is 5.12. The SMILES string of the molecule is COCCCNC(=O)c1ccc(CN2C(=O)C3CCCCC3N(Cc3cccc([N+](=O)[O-])c3)C2=O)cc1. The highest BCUT2D eigenvalue weighted by molar-refractivity contribution is 5.99. The van der Waals surface area contributed by atoms with Crippen LogP contribution in [0.25, 0.3) is 0 Å². The van der Waals surface area contributed by atoms with Crippen molar-refractivity contribution in [3.8, 4) is 0 Å². The van der Waals surface area contributed by atoms with Crippen molar-refractivity contribution in [1.82, 2.24) is 15.1 Å². The third-order valence-electron chi connectivity index (χ3n) is 7.03. The first kappa shape index (κ1) is 26.3. The summed E-state index contributed by atoms with van der Waals surface area (Å²) in [5, 5.41) is 14.1. The summed E-state index contributed by atoms with van der Waals surface area (Å²) >= 11 is 0. The molecular weight excluding hydrogens is 476 g/mol. The van der Waals surface area contributed by atoms with Gasteiger partial charge in [0, 0.05) is 50.5 Å². The molecule has 1 N–H and O–H groups in total. The van der Waals surface area contributed by atoms with Crippen molar-refractivity contribution in [3.63, 3.8) is 0 Å². The van der Waals surface area contributed by atoms with E-state index in [4.69, 9.17) is 4.74 Å². The summed E-state index contributed by atoms with van der Waals surface area (Å²) in [4.78, 5) is 53.0. The third-order valence-corrected chi connectivity index (χ3v) is 7.03. The first-order chi connectivity index (χ1) is 17.9. The highest BCUT2D eigenvalue weighted by Crippen LogP contribution is 2.36. The molecule has 37 heavy (non-hydrogen) atoms. The zero-order valence-corrected chi connectivity index (χ0v) is 20.9. The number of nitrogens with one attached hydrogen (secondary N) is 1. The number of ether oxygens (including phenoxy) is 1. The average Bonchev–Trinajstić information content (AvgIpc) is 2.92. The van der Waals surface area contributed by atoms with Crippen LogP contribution in [-0.4, -0.2) is 58.9 Å². The maximum Gasteiger partial charge on any atom is 0.327 e. The van der Waals surface area contributed by atoms with Gasteiger partial charge in [-0.15, -0.1) is 0 Å². The minimum Gasteiger partial charge on any atom is -0.385 e. The van der Waals surface area contributed by atoms with Crippen LogP contribution in [-0.2, 0) is 22.6 Å². The van der Waals surface area contributed by atoms with Crippen molar-refractivity contribution < 1.29 is 24.0 Å². The highest BCUT2D eigenvalue weighted by atomic mass is 16.6. The van der Waals surface area contributed by atoms with E-state index in [1.165, 1.54) is 17.0 Å². The average molecular weight is 509 g/mol. The zero-order chi connectivity index (χ0) is 26.4. The Morgan fingerprint density at radius 2 is 1.84 bits per heavy atom. The van der Waals surface area contributed by atoms with Crippen LogP contribution in [0, 0.1) is 16.0 Å². The van der Waals surface area contributed by atoms with Crippen LogP contribution >= 0.6 is 0 Å². The van der Waals surface area contributed by atoms with E-state index in [0.717, 1.165) is 24.8 Å². The molecule has 0 bridgehead atoms. The fourth-order valence-corrected chi connectivity index (χ4v) is 5.12. The molecule has 10 heteroatoms. The van der Waals surface area contributed by atoms with E-state index in [-0.39, 0.29) is 48.6 Å². The molecule has 1 heterocycles. The van der Waals surface area contributed by atoms with E-state index < -0.39 is 4.92 Å². The van der Waals surface area contributed by atoms with Crippen LogP contribution in [0.15, 0.2) is 48.5 Å². The second-order valence-corrected chi connectivity index (χ2v) is 9.52. The lowest BCUT2D eigenvalue weighted by atomic mass is 9.81. The number of hydrogen-bond acceptors (Lipinski definition) is 6. The predicted octanol–water partition coefficient (Wildman–Crippen LogP) is 3.88. The van der Waals surface area contributed by atoms with Crippen molar-refractivity contribution in [2.24, 2.45) is 5.92 Å². The molecule has 4 amide bonds. The summed E-state index contributed by atoms with van der Waals surface area (Å²) < 4.78 is 4.98. The number of rotatable bonds is 10. The molecule has 2 aromatic rings. The minimum atomic E-state index is -0.454. The van der Waals surface area contributed by atoms with Crippen LogP contribution in [0.1, 0.15) is 53.6 Å². The molecule has 1 saturated carbocycles. The summed E-state index contributed by atoms with van der Waals surface area (Å²) in [7, 11) is 1.61. The first-order valence-corrected chi connectivity index (χ1v) is 12.6. The van der Waals surface area contributed by atoms with Gasteiger partial charge in [-0.05, 0) is 42.5 Å². The molecule has 1 aliphatic heterocycles. The summed E-state index contributed by atoms with van der Waals surface area (Å²) in [5.41, 5.74) is 1.86. The van der Waals surface area contributed by atoms with E-state index in [1.807, 2.05) is 0 Å². The summed E-state index contributed by atoms with van der Waals surface area (Å²) in [6, 6.07) is 12.5. The molecular formula is C27H32N4O6. The molecule has 1 saturated heterocycles.